The molecule has 122 valence electrons. The molecule has 1 aromatic rings. The Kier molecular flexibility index (Phi) is 8.04. The van der Waals surface area contributed by atoms with E-state index < -0.39 is 12.0 Å². The number of carbonyl (C=O) groups is 2. The van der Waals surface area contributed by atoms with Crippen LogP contribution in [0.2, 0.25) is 0 Å². The summed E-state index contributed by atoms with van der Waals surface area (Å²) >= 11 is 0. The lowest BCUT2D eigenvalue weighted by atomic mass is 10.2. The summed E-state index contributed by atoms with van der Waals surface area (Å²) in [6.45, 7) is 4.15. The summed E-state index contributed by atoms with van der Waals surface area (Å²) in [6.07, 6.45) is 4.19. The minimum atomic E-state index is -0.666. The zero-order valence-electron chi connectivity index (χ0n) is 13.6. The summed E-state index contributed by atoms with van der Waals surface area (Å²) in [6, 6.07) is 6.03. The maximum Gasteiger partial charge on any atom is 0.328 e. The number of hydrogen-bond acceptors (Lipinski definition) is 4. The van der Waals surface area contributed by atoms with Crippen LogP contribution >= 0.6 is 0 Å². The van der Waals surface area contributed by atoms with Gasteiger partial charge in [0.25, 0.3) is 5.91 Å². The van der Waals surface area contributed by atoms with Gasteiger partial charge in [0.1, 0.15) is 11.8 Å². The molecule has 0 saturated heterocycles. The third-order valence-electron chi connectivity index (χ3n) is 3.30. The fourth-order valence-corrected chi connectivity index (χ4v) is 1.91. The first-order valence-electron chi connectivity index (χ1n) is 7.70. The molecule has 0 heterocycles. The molecule has 1 amide bonds. The molecule has 22 heavy (non-hydrogen) atoms. The van der Waals surface area contributed by atoms with Crippen molar-refractivity contribution >= 4 is 11.9 Å². The molecule has 1 atom stereocenters. The molecule has 0 spiro atoms. The Bertz CT molecular complexity index is 470. The molecule has 5 nitrogen and oxygen atoms in total. The highest BCUT2D eigenvalue weighted by molar-refractivity contribution is 5.96. The molecular formula is C17H25NO4. The van der Waals surface area contributed by atoms with Gasteiger partial charge in [-0.05, 0) is 37.6 Å². The molecule has 5 heteroatoms. The lowest BCUT2D eigenvalue weighted by Crippen LogP contribution is -2.39. The maximum absolute atomic E-state index is 12.0. The van der Waals surface area contributed by atoms with Gasteiger partial charge >= 0.3 is 5.97 Å². The van der Waals surface area contributed by atoms with E-state index in [0.29, 0.717) is 17.9 Å². The SMILES string of the molecule is CCCCCCOC(=O)C(C)NC(=O)c1ccc(OC)cc1. The molecule has 0 aliphatic heterocycles. The first-order valence-corrected chi connectivity index (χ1v) is 7.70. The number of hydrogen-bond donors (Lipinski definition) is 1. The Morgan fingerprint density at radius 1 is 1.14 bits per heavy atom. The predicted molar refractivity (Wildman–Crippen MR) is 85.0 cm³/mol. The monoisotopic (exact) mass is 307 g/mol. The molecular weight excluding hydrogens is 282 g/mol. The van der Waals surface area contributed by atoms with E-state index in [4.69, 9.17) is 9.47 Å². The van der Waals surface area contributed by atoms with Crippen molar-refractivity contribution in [3.8, 4) is 5.75 Å². The number of unbranched alkanes of at least 4 members (excludes halogenated alkanes) is 3. The van der Waals surface area contributed by atoms with E-state index in [1.54, 1.807) is 38.3 Å². The Morgan fingerprint density at radius 2 is 1.82 bits per heavy atom. The van der Waals surface area contributed by atoms with Crippen molar-refractivity contribution in [2.24, 2.45) is 0 Å². The van der Waals surface area contributed by atoms with E-state index >= 15 is 0 Å². The van der Waals surface area contributed by atoms with Crippen molar-refractivity contribution in [1.29, 1.82) is 0 Å². The van der Waals surface area contributed by atoms with Gasteiger partial charge in [0.15, 0.2) is 0 Å². The smallest absolute Gasteiger partial charge is 0.328 e. The highest BCUT2D eigenvalue weighted by atomic mass is 16.5. The average Bonchev–Trinajstić information content (AvgIpc) is 2.54. The molecule has 0 fully saturated rings. The summed E-state index contributed by atoms with van der Waals surface area (Å²) in [5.74, 6) is -0.0347. The van der Waals surface area contributed by atoms with Crippen molar-refractivity contribution in [3.05, 3.63) is 29.8 Å². The van der Waals surface area contributed by atoms with Crippen molar-refractivity contribution in [2.75, 3.05) is 13.7 Å². The van der Waals surface area contributed by atoms with E-state index in [1.165, 1.54) is 0 Å². The van der Waals surface area contributed by atoms with Gasteiger partial charge in [0.2, 0.25) is 0 Å². The molecule has 1 aromatic carbocycles. The fourth-order valence-electron chi connectivity index (χ4n) is 1.91. The van der Waals surface area contributed by atoms with Gasteiger partial charge in [-0.25, -0.2) is 4.79 Å². The number of esters is 1. The van der Waals surface area contributed by atoms with Crippen LogP contribution in [0.3, 0.4) is 0 Å². The van der Waals surface area contributed by atoms with Crippen molar-refractivity contribution in [3.63, 3.8) is 0 Å². The number of methoxy groups -OCH3 is 1. The summed E-state index contributed by atoms with van der Waals surface area (Å²) in [4.78, 5) is 23.8. The van der Waals surface area contributed by atoms with Crippen LogP contribution in [0.5, 0.6) is 5.75 Å². The second-order valence-electron chi connectivity index (χ2n) is 5.15. The summed E-state index contributed by atoms with van der Waals surface area (Å²) < 4.78 is 10.2. The van der Waals surface area contributed by atoms with Crippen LogP contribution in [0.15, 0.2) is 24.3 Å². The first kappa shape index (κ1) is 18.0. The van der Waals surface area contributed by atoms with E-state index in [9.17, 15) is 9.59 Å². The van der Waals surface area contributed by atoms with E-state index in [-0.39, 0.29) is 5.91 Å². The molecule has 1 rings (SSSR count). The number of ether oxygens (including phenoxy) is 2. The van der Waals surface area contributed by atoms with Crippen LogP contribution in [-0.2, 0) is 9.53 Å². The number of amides is 1. The zero-order chi connectivity index (χ0) is 16.4. The van der Waals surface area contributed by atoms with Crippen molar-refractivity contribution in [1.82, 2.24) is 5.32 Å². The molecule has 0 aliphatic carbocycles. The first-order chi connectivity index (χ1) is 10.6. The molecule has 0 aliphatic rings. The minimum absolute atomic E-state index is 0.307. The molecule has 1 N–H and O–H groups in total. The molecule has 0 radical (unpaired) electrons. The lowest BCUT2D eigenvalue weighted by Gasteiger charge is -2.13. The zero-order valence-corrected chi connectivity index (χ0v) is 13.6. The topological polar surface area (TPSA) is 64.6 Å². The van der Waals surface area contributed by atoms with Crippen LogP contribution in [0, 0.1) is 0 Å². The Labute approximate surface area is 132 Å². The fraction of sp³-hybridized carbons (Fsp3) is 0.529. The van der Waals surface area contributed by atoms with Crippen LogP contribution in [0.25, 0.3) is 0 Å². The quantitative estimate of drug-likeness (QED) is 0.563. The highest BCUT2D eigenvalue weighted by Gasteiger charge is 2.17. The standard InChI is InChI=1S/C17H25NO4/c1-4-5-6-7-12-22-17(20)13(2)18-16(19)14-8-10-15(21-3)11-9-14/h8-11,13H,4-7,12H2,1-3H3,(H,18,19). The minimum Gasteiger partial charge on any atom is -0.497 e. The number of benzene rings is 1. The second-order valence-corrected chi connectivity index (χ2v) is 5.15. The van der Waals surface area contributed by atoms with Crippen LogP contribution in [-0.4, -0.2) is 31.6 Å². The van der Waals surface area contributed by atoms with Crippen LogP contribution in [0.4, 0.5) is 0 Å². The van der Waals surface area contributed by atoms with Gasteiger partial charge in [-0.15, -0.1) is 0 Å². The number of carbonyl (C=O) groups excluding carboxylic acids is 2. The lowest BCUT2D eigenvalue weighted by molar-refractivity contribution is -0.145. The van der Waals surface area contributed by atoms with Gasteiger partial charge in [-0.1, -0.05) is 26.2 Å². The third-order valence-corrected chi connectivity index (χ3v) is 3.30. The Balaban J connectivity index is 2.37. The molecule has 0 aromatic heterocycles. The summed E-state index contributed by atoms with van der Waals surface area (Å²) in [7, 11) is 1.56. The number of rotatable bonds is 9. The van der Waals surface area contributed by atoms with Gasteiger partial charge in [-0.3, -0.25) is 4.79 Å². The molecule has 1 unspecified atom stereocenters. The van der Waals surface area contributed by atoms with Gasteiger partial charge in [0, 0.05) is 5.56 Å². The Hall–Kier alpha value is -2.04. The number of nitrogens with one attached hydrogen (secondary N) is 1. The molecule has 0 bridgehead atoms. The van der Waals surface area contributed by atoms with Crippen molar-refractivity contribution < 1.29 is 19.1 Å². The summed E-state index contributed by atoms with van der Waals surface area (Å²) in [5, 5.41) is 2.63. The van der Waals surface area contributed by atoms with Gasteiger partial charge < -0.3 is 14.8 Å². The van der Waals surface area contributed by atoms with E-state index in [0.717, 1.165) is 25.7 Å². The van der Waals surface area contributed by atoms with E-state index in [2.05, 4.69) is 12.2 Å². The van der Waals surface area contributed by atoms with Crippen molar-refractivity contribution in [2.45, 2.75) is 45.6 Å². The summed E-state index contributed by atoms with van der Waals surface area (Å²) in [5.41, 5.74) is 0.475. The maximum atomic E-state index is 12.0. The van der Waals surface area contributed by atoms with Crippen LogP contribution < -0.4 is 10.1 Å². The molecule has 0 saturated carbocycles. The van der Waals surface area contributed by atoms with Crippen LogP contribution in [0.1, 0.15) is 49.9 Å². The van der Waals surface area contributed by atoms with Gasteiger partial charge in [0.05, 0.1) is 13.7 Å². The van der Waals surface area contributed by atoms with Gasteiger partial charge in [-0.2, -0.15) is 0 Å². The van der Waals surface area contributed by atoms with E-state index in [1.807, 2.05) is 0 Å². The highest BCUT2D eigenvalue weighted by Crippen LogP contribution is 2.11. The normalized spacial score (nSPS) is 11.6. The average molecular weight is 307 g/mol. The largest absolute Gasteiger partial charge is 0.497 e. The predicted octanol–water partition coefficient (Wildman–Crippen LogP) is 2.94. The second kappa shape index (κ2) is 9.82. The third kappa shape index (κ3) is 6.16. The Morgan fingerprint density at radius 3 is 2.41 bits per heavy atom.